The fourth-order valence-electron chi connectivity index (χ4n) is 3.23. The van der Waals surface area contributed by atoms with Crippen LogP contribution in [0.15, 0.2) is 53.4 Å². The average Bonchev–Trinajstić information content (AvgIpc) is 3.12. The van der Waals surface area contributed by atoms with E-state index in [0.29, 0.717) is 13.0 Å². The second kappa shape index (κ2) is 8.65. The van der Waals surface area contributed by atoms with Crippen LogP contribution in [-0.2, 0) is 21.2 Å². The zero-order valence-electron chi connectivity index (χ0n) is 16.5. The first-order chi connectivity index (χ1) is 13.7. The summed E-state index contributed by atoms with van der Waals surface area (Å²) in [5, 5.41) is 5.64. The third-order valence-corrected chi connectivity index (χ3v) is 6.06. The predicted octanol–water partition coefficient (Wildman–Crippen LogP) is 2.78. The number of benzene rings is 2. The van der Waals surface area contributed by atoms with E-state index in [1.807, 2.05) is 31.2 Å². The maximum Gasteiger partial charge on any atom is 0.315 e. The van der Waals surface area contributed by atoms with Gasteiger partial charge in [-0.1, -0.05) is 24.3 Å². The number of carbonyl (C=O) groups is 2. The Hall–Kier alpha value is -2.87. The lowest BCUT2D eigenvalue weighted by atomic mass is 10.1. The van der Waals surface area contributed by atoms with Gasteiger partial charge in [-0.25, -0.2) is 13.2 Å². The van der Waals surface area contributed by atoms with Gasteiger partial charge in [0.15, 0.2) is 9.84 Å². The van der Waals surface area contributed by atoms with Crippen LogP contribution in [-0.4, -0.2) is 33.2 Å². The molecule has 29 heavy (non-hydrogen) atoms. The molecule has 2 N–H and O–H groups in total. The molecule has 0 aromatic heterocycles. The summed E-state index contributed by atoms with van der Waals surface area (Å²) in [6.07, 6.45) is 2.64. The van der Waals surface area contributed by atoms with Crippen LogP contribution in [0.3, 0.4) is 0 Å². The highest BCUT2D eigenvalue weighted by molar-refractivity contribution is 7.90. The number of nitrogens with zero attached hydrogens (tertiary/aromatic N) is 1. The van der Waals surface area contributed by atoms with Gasteiger partial charge in [0, 0.05) is 31.5 Å². The molecular weight excluding hydrogens is 390 g/mol. The van der Waals surface area contributed by atoms with Gasteiger partial charge in [-0.2, -0.15) is 0 Å². The second-order valence-corrected chi connectivity index (χ2v) is 9.22. The lowest BCUT2D eigenvalue weighted by Gasteiger charge is -2.17. The maximum atomic E-state index is 12.2. The number of hydrogen-bond donors (Lipinski definition) is 2. The molecular formula is C21H25N3O4S. The Morgan fingerprint density at radius 3 is 2.31 bits per heavy atom. The van der Waals surface area contributed by atoms with E-state index in [0.717, 1.165) is 36.0 Å². The van der Waals surface area contributed by atoms with Crippen LogP contribution < -0.4 is 15.5 Å². The molecule has 3 rings (SSSR count). The third kappa shape index (κ3) is 5.35. The standard InChI is InChI=1S/C21H25N3O4S/c1-15(17-7-11-19(12-8-17)29(2,27)28)23-21(26)22-14-16-5-9-18(10-6-16)24-13-3-4-20(24)25/h5-12,15H,3-4,13-14H2,1-2H3,(H2,22,23,26)/t15-/m1/s1. The van der Waals surface area contributed by atoms with Crippen LogP contribution in [0.25, 0.3) is 0 Å². The van der Waals surface area contributed by atoms with Crippen molar-refractivity contribution < 1.29 is 18.0 Å². The van der Waals surface area contributed by atoms with Gasteiger partial charge in [0.1, 0.15) is 0 Å². The number of sulfone groups is 1. The molecule has 0 bridgehead atoms. The first-order valence-corrected chi connectivity index (χ1v) is 11.4. The van der Waals surface area contributed by atoms with Gasteiger partial charge in [-0.3, -0.25) is 4.79 Å². The molecule has 1 atom stereocenters. The summed E-state index contributed by atoms with van der Waals surface area (Å²) in [5.74, 6) is 0.147. The van der Waals surface area contributed by atoms with Crippen molar-refractivity contribution in [1.82, 2.24) is 10.6 Å². The summed E-state index contributed by atoms with van der Waals surface area (Å²) in [7, 11) is -3.24. The highest BCUT2D eigenvalue weighted by Gasteiger charge is 2.21. The van der Waals surface area contributed by atoms with E-state index in [9.17, 15) is 18.0 Å². The maximum absolute atomic E-state index is 12.2. The van der Waals surface area contributed by atoms with Crippen LogP contribution in [0, 0.1) is 0 Å². The Bertz CT molecular complexity index is 986. The summed E-state index contributed by atoms with van der Waals surface area (Å²) < 4.78 is 23.0. The molecule has 7 nitrogen and oxygen atoms in total. The van der Waals surface area contributed by atoms with Gasteiger partial charge in [0.05, 0.1) is 10.9 Å². The van der Waals surface area contributed by atoms with Crippen molar-refractivity contribution in [3.63, 3.8) is 0 Å². The molecule has 2 aromatic carbocycles. The van der Waals surface area contributed by atoms with Crippen LogP contribution in [0.1, 0.15) is 36.9 Å². The lowest BCUT2D eigenvalue weighted by molar-refractivity contribution is -0.117. The quantitative estimate of drug-likeness (QED) is 0.758. The van der Waals surface area contributed by atoms with Crippen molar-refractivity contribution in [3.8, 4) is 0 Å². The van der Waals surface area contributed by atoms with Crippen molar-refractivity contribution in [1.29, 1.82) is 0 Å². The first-order valence-electron chi connectivity index (χ1n) is 9.48. The van der Waals surface area contributed by atoms with E-state index in [4.69, 9.17) is 0 Å². The van der Waals surface area contributed by atoms with E-state index in [1.54, 1.807) is 17.0 Å². The Kier molecular flexibility index (Phi) is 6.22. The Balaban J connectivity index is 1.51. The first kappa shape index (κ1) is 20.9. The highest BCUT2D eigenvalue weighted by Crippen LogP contribution is 2.21. The van der Waals surface area contributed by atoms with Gasteiger partial charge in [0.25, 0.3) is 0 Å². The molecule has 3 amide bonds. The molecule has 8 heteroatoms. The third-order valence-electron chi connectivity index (χ3n) is 4.93. The Labute approximate surface area is 171 Å². The van der Waals surface area contributed by atoms with Crippen LogP contribution in [0.5, 0.6) is 0 Å². The molecule has 154 valence electrons. The number of amides is 3. The van der Waals surface area contributed by atoms with Crippen LogP contribution in [0.2, 0.25) is 0 Å². The second-order valence-electron chi connectivity index (χ2n) is 7.21. The molecule has 0 aliphatic carbocycles. The summed E-state index contributed by atoms with van der Waals surface area (Å²) in [5.41, 5.74) is 2.62. The van der Waals surface area contributed by atoms with Gasteiger partial charge < -0.3 is 15.5 Å². The summed E-state index contributed by atoms with van der Waals surface area (Å²) in [6, 6.07) is 13.5. The smallest absolute Gasteiger partial charge is 0.315 e. The van der Waals surface area contributed by atoms with Gasteiger partial charge in [-0.15, -0.1) is 0 Å². The number of urea groups is 1. The number of carbonyl (C=O) groups excluding carboxylic acids is 2. The van der Waals surface area contributed by atoms with Crippen LogP contribution in [0.4, 0.5) is 10.5 Å². The van der Waals surface area contributed by atoms with Gasteiger partial charge in [0.2, 0.25) is 5.91 Å². The van der Waals surface area contributed by atoms with Gasteiger partial charge in [-0.05, 0) is 48.7 Å². The van der Waals surface area contributed by atoms with Crippen LogP contribution >= 0.6 is 0 Å². The molecule has 0 spiro atoms. The SMILES string of the molecule is C[C@@H](NC(=O)NCc1ccc(N2CCCC2=O)cc1)c1ccc(S(C)(=O)=O)cc1. The predicted molar refractivity (Wildman–Crippen MR) is 111 cm³/mol. The summed E-state index contributed by atoms with van der Waals surface area (Å²) >= 11 is 0. The Morgan fingerprint density at radius 2 is 1.76 bits per heavy atom. The molecule has 0 radical (unpaired) electrons. The molecule has 1 fully saturated rings. The highest BCUT2D eigenvalue weighted by atomic mass is 32.2. The van der Waals surface area contributed by atoms with Crippen molar-refractivity contribution in [3.05, 3.63) is 59.7 Å². The van der Waals surface area contributed by atoms with Gasteiger partial charge >= 0.3 is 6.03 Å². The van der Waals surface area contributed by atoms with Crippen molar-refractivity contribution in [2.45, 2.75) is 37.2 Å². The monoisotopic (exact) mass is 415 g/mol. The zero-order chi connectivity index (χ0) is 21.0. The Morgan fingerprint density at radius 1 is 1.10 bits per heavy atom. The lowest BCUT2D eigenvalue weighted by Crippen LogP contribution is -2.36. The molecule has 0 unspecified atom stereocenters. The molecule has 1 saturated heterocycles. The molecule has 1 aliphatic heterocycles. The fraction of sp³-hybridized carbons (Fsp3) is 0.333. The normalized spacial score (nSPS) is 15.2. The minimum atomic E-state index is -3.24. The molecule has 1 aliphatic rings. The number of anilines is 1. The molecule has 0 saturated carbocycles. The number of hydrogen-bond acceptors (Lipinski definition) is 4. The minimum Gasteiger partial charge on any atom is -0.334 e. The van der Waals surface area contributed by atoms with Crippen molar-refractivity contribution >= 4 is 27.5 Å². The fourth-order valence-corrected chi connectivity index (χ4v) is 3.86. The largest absolute Gasteiger partial charge is 0.334 e. The zero-order valence-corrected chi connectivity index (χ0v) is 17.3. The topological polar surface area (TPSA) is 95.6 Å². The average molecular weight is 416 g/mol. The van der Waals surface area contributed by atoms with E-state index in [1.165, 1.54) is 12.1 Å². The molecule has 2 aromatic rings. The van der Waals surface area contributed by atoms with Crippen molar-refractivity contribution in [2.24, 2.45) is 0 Å². The van der Waals surface area contributed by atoms with E-state index in [2.05, 4.69) is 10.6 Å². The van der Waals surface area contributed by atoms with E-state index < -0.39 is 9.84 Å². The number of nitrogens with one attached hydrogen (secondary N) is 2. The number of rotatable bonds is 6. The molecule has 1 heterocycles. The van der Waals surface area contributed by atoms with Crippen molar-refractivity contribution in [2.75, 3.05) is 17.7 Å². The minimum absolute atomic E-state index is 0.147. The summed E-state index contributed by atoms with van der Waals surface area (Å²) in [6.45, 7) is 2.94. The van der Waals surface area contributed by atoms with E-state index >= 15 is 0 Å². The summed E-state index contributed by atoms with van der Waals surface area (Å²) in [4.78, 5) is 26.0. The van der Waals surface area contributed by atoms with E-state index in [-0.39, 0.29) is 22.9 Å².